The van der Waals surface area contributed by atoms with Crippen LogP contribution in [0.4, 0.5) is 5.95 Å². The van der Waals surface area contributed by atoms with Crippen LogP contribution in [-0.4, -0.2) is 29.3 Å². The van der Waals surface area contributed by atoms with Crippen LogP contribution in [0.5, 0.6) is 0 Å². The lowest BCUT2D eigenvalue weighted by Gasteiger charge is -2.06. The van der Waals surface area contributed by atoms with E-state index in [4.69, 9.17) is 5.73 Å². The minimum atomic E-state index is -3.27. The van der Waals surface area contributed by atoms with Crippen molar-refractivity contribution in [2.45, 2.75) is 4.90 Å². The maximum Gasteiger partial charge on any atom is 0.240 e. The van der Waals surface area contributed by atoms with Crippen LogP contribution in [0.1, 0.15) is 0 Å². The Labute approximate surface area is 129 Å². The number of nitrogens with two attached hydrogens (primary N) is 1. The zero-order chi connectivity index (χ0) is 15.2. The van der Waals surface area contributed by atoms with Crippen molar-refractivity contribution in [2.24, 2.45) is 0 Å². The third kappa shape index (κ3) is 2.64. The summed E-state index contributed by atoms with van der Waals surface area (Å²) in [6.45, 7) is 0. The van der Waals surface area contributed by atoms with E-state index in [1.165, 1.54) is 6.26 Å². The first-order valence-corrected chi connectivity index (χ1v) is 8.65. The van der Waals surface area contributed by atoms with Crippen LogP contribution in [-0.2, 0) is 9.84 Å². The second-order valence-corrected chi connectivity index (χ2v) is 7.54. The van der Waals surface area contributed by atoms with Crippen molar-refractivity contribution >= 4 is 37.4 Å². The standard InChI is InChI=1S/C13H11BrN4O2S/c1-21(19,20)10-4-2-3-8(5-10)11-6-9(14)7-18-12(11)16-13(15)17-18/h2-7H,1H3,(H2,15,17). The first-order valence-electron chi connectivity index (χ1n) is 5.96. The molecule has 0 saturated carbocycles. The number of nitrogens with zero attached hydrogens (tertiary/aromatic N) is 3. The van der Waals surface area contributed by atoms with Gasteiger partial charge in [0.25, 0.3) is 0 Å². The summed E-state index contributed by atoms with van der Waals surface area (Å²) in [6.07, 6.45) is 2.92. The maximum absolute atomic E-state index is 11.7. The van der Waals surface area contributed by atoms with Crippen molar-refractivity contribution in [2.75, 3.05) is 12.0 Å². The number of anilines is 1. The van der Waals surface area contributed by atoms with Gasteiger partial charge in [-0.2, -0.15) is 4.98 Å². The fourth-order valence-corrected chi connectivity index (χ4v) is 3.17. The van der Waals surface area contributed by atoms with Gasteiger partial charge in [-0.25, -0.2) is 12.9 Å². The number of sulfone groups is 1. The van der Waals surface area contributed by atoms with Gasteiger partial charge in [0.05, 0.1) is 4.90 Å². The molecule has 1 aromatic carbocycles. The van der Waals surface area contributed by atoms with E-state index in [2.05, 4.69) is 26.0 Å². The van der Waals surface area contributed by atoms with Gasteiger partial charge >= 0.3 is 0 Å². The highest BCUT2D eigenvalue weighted by atomic mass is 79.9. The third-order valence-electron chi connectivity index (χ3n) is 2.99. The Morgan fingerprint density at radius 3 is 2.76 bits per heavy atom. The second-order valence-electron chi connectivity index (χ2n) is 4.61. The van der Waals surface area contributed by atoms with E-state index in [1.807, 2.05) is 12.1 Å². The van der Waals surface area contributed by atoms with Gasteiger partial charge in [-0.3, -0.25) is 0 Å². The summed E-state index contributed by atoms with van der Waals surface area (Å²) in [4.78, 5) is 4.44. The van der Waals surface area contributed by atoms with E-state index in [1.54, 1.807) is 28.9 Å². The molecule has 0 atom stereocenters. The number of rotatable bonds is 2. The number of pyridine rings is 1. The Morgan fingerprint density at radius 1 is 1.29 bits per heavy atom. The van der Waals surface area contributed by atoms with Gasteiger partial charge in [0.15, 0.2) is 15.5 Å². The van der Waals surface area contributed by atoms with Gasteiger partial charge in [0.2, 0.25) is 5.95 Å². The van der Waals surface area contributed by atoms with Crippen LogP contribution in [0.15, 0.2) is 45.9 Å². The van der Waals surface area contributed by atoms with E-state index in [0.29, 0.717) is 5.65 Å². The monoisotopic (exact) mass is 366 g/mol. The number of hydrogen-bond acceptors (Lipinski definition) is 5. The molecule has 108 valence electrons. The number of fused-ring (bicyclic) bond motifs is 1. The van der Waals surface area contributed by atoms with Gasteiger partial charge < -0.3 is 5.73 Å². The van der Waals surface area contributed by atoms with Gasteiger partial charge in [-0.05, 0) is 39.7 Å². The largest absolute Gasteiger partial charge is 0.366 e. The Balaban J connectivity index is 2.30. The predicted octanol–water partition coefficient (Wildman–Crippen LogP) is 2.14. The molecule has 6 nitrogen and oxygen atoms in total. The first kappa shape index (κ1) is 14.0. The Morgan fingerprint density at radius 2 is 2.05 bits per heavy atom. The molecule has 8 heteroatoms. The van der Waals surface area contributed by atoms with E-state index in [-0.39, 0.29) is 10.8 Å². The number of benzene rings is 1. The highest BCUT2D eigenvalue weighted by Gasteiger charge is 2.13. The van der Waals surface area contributed by atoms with Crippen molar-refractivity contribution in [3.8, 4) is 11.1 Å². The summed E-state index contributed by atoms with van der Waals surface area (Å²) >= 11 is 3.40. The summed E-state index contributed by atoms with van der Waals surface area (Å²) in [5, 5.41) is 4.07. The van der Waals surface area contributed by atoms with Crippen molar-refractivity contribution < 1.29 is 8.42 Å². The minimum Gasteiger partial charge on any atom is -0.366 e. The quantitative estimate of drug-likeness (QED) is 0.750. The van der Waals surface area contributed by atoms with Gasteiger partial charge in [-0.1, -0.05) is 12.1 Å². The lowest BCUT2D eigenvalue weighted by atomic mass is 10.1. The Bertz CT molecular complexity index is 950. The minimum absolute atomic E-state index is 0.161. The summed E-state index contributed by atoms with van der Waals surface area (Å²) in [6, 6.07) is 8.54. The third-order valence-corrected chi connectivity index (χ3v) is 4.53. The van der Waals surface area contributed by atoms with Crippen LogP contribution in [0.3, 0.4) is 0 Å². The zero-order valence-corrected chi connectivity index (χ0v) is 13.4. The molecular weight excluding hydrogens is 356 g/mol. The average Bonchev–Trinajstić information content (AvgIpc) is 2.77. The molecule has 3 rings (SSSR count). The molecule has 2 N–H and O–H groups in total. The summed E-state index contributed by atoms with van der Waals surface area (Å²) < 4.78 is 25.7. The fourth-order valence-electron chi connectivity index (χ4n) is 2.08. The summed E-state index contributed by atoms with van der Waals surface area (Å²) in [5.74, 6) is 0.161. The van der Waals surface area contributed by atoms with E-state index in [9.17, 15) is 8.42 Å². The number of aromatic nitrogens is 3. The van der Waals surface area contributed by atoms with Crippen LogP contribution in [0, 0.1) is 0 Å². The molecule has 0 radical (unpaired) electrons. The average molecular weight is 367 g/mol. The van der Waals surface area contributed by atoms with Crippen LogP contribution < -0.4 is 5.73 Å². The molecule has 0 aliphatic rings. The molecule has 21 heavy (non-hydrogen) atoms. The second kappa shape index (κ2) is 4.81. The fraction of sp³-hybridized carbons (Fsp3) is 0.0769. The van der Waals surface area contributed by atoms with Gasteiger partial charge in [-0.15, -0.1) is 5.10 Å². The SMILES string of the molecule is CS(=O)(=O)c1cccc(-c2cc(Br)cn3nc(N)nc23)c1. The molecule has 0 unspecified atom stereocenters. The van der Waals surface area contributed by atoms with Crippen LogP contribution in [0.25, 0.3) is 16.8 Å². The molecule has 3 aromatic rings. The summed E-state index contributed by atoms with van der Waals surface area (Å²) in [5.41, 5.74) is 7.69. The summed E-state index contributed by atoms with van der Waals surface area (Å²) in [7, 11) is -3.27. The van der Waals surface area contributed by atoms with Gasteiger partial charge in [0.1, 0.15) is 0 Å². The number of halogens is 1. The maximum atomic E-state index is 11.7. The Kier molecular flexibility index (Phi) is 3.22. The van der Waals surface area contributed by atoms with Crippen molar-refractivity contribution in [3.63, 3.8) is 0 Å². The number of hydrogen-bond donors (Lipinski definition) is 1. The molecule has 0 spiro atoms. The molecule has 0 amide bonds. The van der Waals surface area contributed by atoms with E-state index in [0.717, 1.165) is 15.6 Å². The molecule has 0 aliphatic heterocycles. The van der Waals surface area contributed by atoms with Crippen LogP contribution >= 0.6 is 15.9 Å². The topological polar surface area (TPSA) is 90.3 Å². The van der Waals surface area contributed by atoms with E-state index < -0.39 is 9.84 Å². The molecule has 0 bridgehead atoms. The highest BCUT2D eigenvalue weighted by molar-refractivity contribution is 9.10. The zero-order valence-electron chi connectivity index (χ0n) is 11.0. The predicted molar refractivity (Wildman–Crippen MR) is 83.6 cm³/mol. The lowest BCUT2D eigenvalue weighted by Crippen LogP contribution is -1.97. The van der Waals surface area contributed by atoms with E-state index >= 15 is 0 Å². The van der Waals surface area contributed by atoms with Gasteiger partial charge in [0, 0.05) is 22.5 Å². The normalized spacial score (nSPS) is 11.9. The molecule has 2 heterocycles. The highest BCUT2D eigenvalue weighted by Crippen LogP contribution is 2.28. The molecule has 0 aliphatic carbocycles. The molecule has 2 aromatic heterocycles. The molecule has 0 fully saturated rings. The first-order chi connectivity index (χ1) is 9.84. The number of nitrogen functional groups attached to an aromatic ring is 1. The lowest BCUT2D eigenvalue weighted by molar-refractivity contribution is 0.602. The molecule has 0 saturated heterocycles. The molecular formula is C13H11BrN4O2S. The van der Waals surface area contributed by atoms with Crippen molar-refractivity contribution in [1.82, 2.24) is 14.6 Å². The van der Waals surface area contributed by atoms with Crippen molar-refractivity contribution in [3.05, 3.63) is 41.0 Å². The van der Waals surface area contributed by atoms with Crippen molar-refractivity contribution in [1.29, 1.82) is 0 Å². The smallest absolute Gasteiger partial charge is 0.240 e. The van der Waals surface area contributed by atoms with Crippen LogP contribution in [0.2, 0.25) is 0 Å². The Hall–Kier alpha value is -1.93.